The lowest BCUT2D eigenvalue weighted by molar-refractivity contribution is -0.140. The normalized spacial score (nSPS) is 11.9. The molecule has 0 aliphatic rings. The third-order valence-corrected chi connectivity index (χ3v) is 5.24. The molecule has 1 heterocycles. The van der Waals surface area contributed by atoms with Crippen molar-refractivity contribution in [3.8, 4) is 22.8 Å². The molecule has 0 atom stereocenters. The first-order chi connectivity index (χ1) is 15.7. The quantitative estimate of drug-likeness (QED) is 0.450. The zero-order chi connectivity index (χ0) is 25.4. The Morgan fingerprint density at radius 1 is 1.09 bits per heavy atom. The molecule has 6 nitrogen and oxygen atoms in total. The van der Waals surface area contributed by atoms with Gasteiger partial charge in [-0.3, -0.25) is 4.79 Å². The van der Waals surface area contributed by atoms with Gasteiger partial charge < -0.3 is 4.74 Å². The first-order valence-corrected chi connectivity index (χ1v) is 11.5. The largest absolute Gasteiger partial charge is 0.437 e. The van der Waals surface area contributed by atoms with Crippen LogP contribution in [0.4, 0.5) is 22.0 Å². The van der Waals surface area contributed by atoms with E-state index in [-0.39, 0.29) is 22.2 Å². The van der Waals surface area contributed by atoms with Crippen LogP contribution in [0.5, 0.6) is 11.6 Å². The molecule has 0 spiro atoms. The Hall–Kier alpha value is -3.25. The molecule has 1 N–H and O–H groups in total. The van der Waals surface area contributed by atoms with Crippen molar-refractivity contribution in [3.63, 3.8) is 0 Å². The van der Waals surface area contributed by atoms with E-state index in [9.17, 15) is 35.2 Å². The molecule has 13 heteroatoms. The van der Waals surface area contributed by atoms with Crippen LogP contribution in [0.25, 0.3) is 11.1 Å². The highest BCUT2D eigenvalue weighted by atomic mass is 35.5. The van der Waals surface area contributed by atoms with Gasteiger partial charge >= 0.3 is 6.18 Å². The minimum atomic E-state index is -4.87. The average Bonchev–Trinajstić information content (AvgIpc) is 2.68. The van der Waals surface area contributed by atoms with Crippen LogP contribution in [-0.4, -0.2) is 25.6 Å². The number of aromatic nitrogens is 1. The number of amides is 1. The summed E-state index contributed by atoms with van der Waals surface area (Å²) in [5.74, 6) is -4.21. The van der Waals surface area contributed by atoms with Gasteiger partial charge in [0.2, 0.25) is 15.9 Å². The van der Waals surface area contributed by atoms with Gasteiger partial charge in [-0.1, -0.05) is 11.6 Å². The fourth-order valence-corrected chi connectivity index (χ4v) is 3.59. The summed E-state index contributed by atoms with van der Waals surface area (Å²) in [6, 6.07) is 5.41. The number of benzene rings is 2. The first kappa shape index (κ1) is 25.4. The number of ether oxygens (including phenoxy) is 1. The molecular formula is C21H14ClF5N2O4S. The van der Waals surface area contributed by atoms with E-state index >= 15 is 0 Å². The lowest BCUT2D eigenvalue weighted by Gasteiger charge is -2.13. The van der Waals surface area contributed by atoms with Gasteiger partial charge in [-0.2, -0.15) is 13.2 Å². The smallest absolute Gasteiger partial charge is 0.419 e. The van der Waals surface area contributed by atoms with Crippen LogP contribution in [-0.2, 0) is 16.2 Å². The Morgan fingerprint density at radius 3 is 2.32 bits per heavy atom. The number of rotatable bonds is 5. The zero-order valence-electron chi connectivity index (χ0n) is 17.3. The molecule has 0 bridgehead atoms. The topological polar surface area (TPSA) is 85.4 Å². The minimum Gasteiger partial charge on any atom is -0.437 e. The first-order valence-electron chi connectivity index (χ1n) is 9.18. The number of alkyl halides is 3. The van der Waals surface area contributed by atoms with Crippen LogP contribution in [0.2, 0.25) is 5.02 Å². The maximum atomic E-state index is 14.5. The Balaban J connectivity index is 1.89. The average molecular weight is 521 g/mol. The Bertz CT molecular complexity index is 1390. The highest BCUT2D eigenvalue weighted by molar-refractivity contribution is 7.89. The summed E-state index contributed by atoms with van der Waals surface area (Å²) in [6.07, 6.45) is -2.89. The van der Waals surface area contributed by atoms with Crippen LogP contribution in [0.15, 0.2) is 42.6 Å². The van der Waals surface area contributed by atoms with Crippen molar-refractivity contribution in [2.24, 2.45) is 0 Å². The van der Waals surface area contributed by atoms with Crippen LogP contribution in [0, 0.1) is 18.6 Å². The summed E-state index contributed by atoms with van der Waals surface area (Å²) in [6.45, 7) is 1.54. The minimum absolute atomic E-state index is 0.114. The molecule has 2 aromatic carbocycles. The van der Waals surface area contributed by atoms with Gasteiger partial charge in [0, 0.05) is 17.8 Å². The third kappa shape index (κ3) is 5.81. The fourth-order valence-electron chi connectivity index (χ4n) is 2.94. The molecule has 0 unspecified atom stereocenters. The molecule has 1 amide bonds. The summed E-state index contributed by atoms with van der Waals surface area (Å²) in [5, 5.41) is -0.114. The molecule has 0 saturated heterocycles. The Kier molecular flexibility index (Phi) is 6.85. The van der Waals surface area contributed by atoms with Gasteiger partial charge in [0.15, 0.2) is 0 Å². The molecular weight excluding hydrogens is 507 g/mol. The molecule has 3 rings (SSSR count). The van der Waals surface area contributed by atoms with Crippen LogP contribution >= 0.6 is 11.6 Å². The summed E-state index contributed by atoms with van der Waals surface area (Å²) in [4.78, 5) is 15.9. The fraction of sp³-hybridized carbons (Fsp3) is 0.143. The van der Waals surface area contributed by atoms with Gasteiger partial charge in [-0.15, -0.1) is 0 Å². The highest BCUT2D eigenvalue weighted by Crippen LogP contribution is 2.36. The number of carbonyl (C=O) groups excluding carboxylic acids is 1. The number of halogens is 6. The van der Waals surface area contributed by atoms with Crippen molar-refractivity contribution in [1.29, 1.82) is 0 Å². The van der Waals surface area contributed by atoms with Gasteiger partial charge in [0.1, 0.15) is 22.4 Å². The number of sulfonamides is 1. The monoisotopic (exact) mass is 520 g/mol. The van der Waals surface area contributed by atoms with Crippen molar-refractivity contribution in [2.45, 2.75) is 13.1 Å². The van der Waals surface area contributed by atoms with Gasteiger partial charge in [-0.25, -0.2) is 26.9 Å². The predicted octanol–water partition coefficient (Wildman–Crippen LogP) is 5.49. The van der Waals surface area contributed by atoms with Crippen molar-refractivity contribution < 1.29 is 39.9 Å². The molecule has 0 fully saturated rings. The van der Waals surface area contributed by atoms with Crippen molar-refractivity contribution >= 4 is 27.5 Å². The van der Waals surface area contributed by atoms with E-state index in [2.05, 4.69) is 4.98 Å². The second-order valence-corrected chi connectivity index (χ2v) is 9.26. The maximum Gasteiger partial charge on any atom is 0.419 e. The molecule has 0 saturated carbocycles. The van der Waals surface area contributed by atoms with E-state index in [1.165, 1.54) is 19.2 Å². The highest BCUT2D eigenvalue weighted by Gasteiger charge is 2.34. The summed E-state index contributed by atoms with van der Waals surface area (Å²) in [7, 11) is -3.90. The number of nitrogens with zero attached hydrogens (tertiary/aromatic N) is 1. The molecule has 0 aliphatic heterocycles. The van der Waals surface area contributed by atoms with Crippen molar-refractivity contribution in [1.82, 2.24) is 9.71 Å². The number of nitrogens with one attached hydrogen (secondary N) is 1. The number of hydrogen-bond acceptors (Lipinski definition) is 5. The van der Waals surface area contributed by atoms with E-state index < -0.39 is 44.9 Å². The third-order valence-electron chi connectivity index (χ3n) is 4.42. The van der Waals surface area contributed by atoms with Gasteiger partial charge in [0.25, 0.3) is 5.91 Å². The van der Waals surface area contributed by atoms with Crippen molar-refractivity contribution in [2.75, 3.05) is 6.26 Å². The van der Waals surface area contributed by atoms with E-state index in [0.717, 1.165) is 24.5 Å². The van der Waals surface area contributed by atoms with Crippen LogP contribution in [0.3, 0.4) is 0 Å². The number of aryl methyl sites for hydroxylation is 1. The van der Waals surface area contributed by atoms with E-state index in [1.807, 2.05) is 0 Å². The summed E-state index contributed by atoms with van der Waals surface area (Å²) in [5.41, 5.74) is -0.996. The zero-order valence-corrected chi connectivity index (χ0v) is 18.9. The molecule has 0 aliphatic carbocycles. The van der Waals surface area contributed by atoms with Gasteiger partial charge in [-0.05, 0) is 48.4 Å². The molecule has 1 aromatic heterocycles. The van der Waals surface area contributed by atoms with E-state index in [0.29, 0.717) is 23.3 Å². The maximum absolute atomic E-state index is 14.5. The van der Waals surface area contributed by atoms with E-state index in [1.54, 1.807) is 4.72 Å². The second-order valence-electron chi connectivity index (χ2n) is 7.10. The lowest BCUT2D eigenvalue weighted by atomic mass is 9.99. The molecule has 0 radical (unpaired) electrons. The molecule has 3 aromatic rings. The summed E-state index contributed by atoms with van der Waals surface area (Å²) >= 11 is 6.13. The molecule has 34 heavy (non-hydrogen) atoms. The van der Waals surface area contributed by atoms with Crippen LogP contribution < -0.4 is 9.46 Å². The Labute approximate surface area is 195 Å². The summed E-state index contributed by atoms with van der Waals surface area (Å²) < 4.78 is 95.7. The number of hydrogen-bond donors (Lipinski definition) is 1. The predicted molar refractivity (Wildman–Crippen MR) is 113 cm³/mol. The second kappa shape index (κ2) is 9.18. The number of pyridine rings is 1. The standard InChI is InChI=1S/C21H14ClF5N2O4S/c1-10-5-14(19(30)29-34(2,31)32)17(23)8-13(10)11-6-16(22)20(28-9-11)33-12-3-4-15(18(24)7-12)21(25,26)27/h3-9H,1-2H3,(H,29,30). The lowest BCUT2D eigenvalue weighted by Crippen LogP contribution is -2.30. The van der Waals surface area contributed by atoms with E-state index in [4.69, 9.17) is 16.3 Å². The van der Waals surface area contributed by atoms with Gasteiger partial charge in [0.05, 0.1) is 17.4 Å². The number of carbonyl (C=O) groups is 1. The SMILES string of the molecule is Cc1cc(C(=O)NS(C)(=O)=O)c(F)cc1-c1cnc(Oc2ccc(C(F)(F)F)c(F)c2)c(Cl)c1. The Morgan fingerprint density at radius 2 is 1.76 bits per heavy atom. The molecule has 180 valence electrons. The van der Waals surface area contributed by atoms with Crippen LogP contribution in [0.1, 0.15) is 21.5 Å². The van der Waals surface area contributed by atoms with Crippen molar-refractivity contribution in [3.05, 3.63) is 75.9 Å².